The molecule has 0 atom stereocenters. The number of nitrogens with one attached hydrogen (secondary N) is 1. The van der Waals surface area contributed by atoms with Crippen LogP contribution < -0.4 is 10.1 Å². The molecule has 0 amide bonds. The van der Waals surface area contributed by atoms with Crippen molar-refractivity contribution in [2.45, 2.75) is 18.4 Å². The number of nitrogens with zero attached hydrogens (tertiary/aromatic N) is 3. The van der Waals surface area contributed by atoms with Crippen LogP contribution in [0.15, 0.2) is 41.4 Å². The molecule has 0 radical (unpaired) electrons. The summed E-state index contributed by atoms with van der Waals surface area (Å²) in [5.41, 5.74) is 1.67. The summed E-state index contributed by atoms with van der Waals surface area (Å²) in [6.45, 7) is -1.21. The first kappa shape index (κ1) is 17.1. The van der Waals surface area contributed by atoms with Crippen molar-refractivity contribution in [2.24, 2.45) is 0 Å². The first-order valence-corrected chi connectivity index (χ1v) is 9.00. The monoisotopic (exact) mass is 368 g/mol. The quantitative estimate of drug-likeness (QED) is 0.745. The number of benzene rings is 1. The third-order valence-electron chi connectivity index (χ3n) is 3.32. The van der Waals surface area contributed by atoms with Gasteiger partial charge in [0, 0.05) is 18.5 Å². The fourth-order valence-corrected chi connectivity index (χ4v) is 2.83. The molecular formula is C15H14F2N4O3S. The normalized spacial score (nSPS) is 11.9. The molecule has 0 aliphatic carbocycles. The molecule has 0 aliphatic rings. The van der Waals surface area contributed by atoms with Gasteiger partial charge in [-0.25, -0.2) is 12.9 Å². The van der Waals surface area contributed by atoms with Gasteiger partial charge in [0.15, 0.2) is 21.2 Å². The number of hydrogen-bond acceptors (Lipinski definition) is 6. The highest BCUT2D eigenvalue weighted by Gasteiger charge is 2.16. The first-order chi connectivity index (χ1) is 11.7. The lowest BCUT2D eigenvalue weighted by Crippen LogP contribution is -2.07. The number of aryl methyl sites for hydroxylation is 1. The molecule has 3 rings (SSSR count). The zero-order chi connectivity index (χ0) is 18.2. The van der Waals surface area contributed by atoms with Gasteiger partial charge in [0.25, 0.3) is 0 Å². The van der Waals surface area contributed by atoms with Crippen molar-refractivity contribution in [3.05, 3.63) is 42.1 Å². The second kappa shape index (κ2) is 6.28. The predicted molar refractivity (Wildman–Crippen MR) is 87.2 cm³/mol. The highest BCUT2D eigenvalue weighted by Crippen LogP contribution is 2.31. The number of aromatic nitrogens is 3. The maximum Gasteiger partial charge on any atom is 0.387 e. The summed E-state index contributed by atoms with van der Waals surface area (Å²) in [7, 11) is -3.56. The minimum absolute atomic E-state index is 0.125. The molecule has 0 fully saturated rings. The molecule has 132 valence electrons. The fraction of sp³-hybridized carbons (Fsp3) is 0.200. The van der Waals surface area contributed by atoms with E-state index in [4.69, 9.17) is 0 Å². The first-order valence-electron chi connectivity index (χ1n) is 7.11. The summed E-state index contributed by atoms with van der Waals surface area (Å²) in [5.74, 6) is -0.148. The van der Waals surface area contributed by atoms with E-state index in [-0.39, 0.29) is 22.3 Å². The van der Waals surface area contributed by atoms with E-state index in [1.807, 2.05) is 13.0 Å². The third kappa shape index (κ3) is 3.85. The Morgan fingerprint density at radius 2 is 2.00 bits per heavy atom. The summed E-state index contributed by atoms with van der Waals surface area (Å²) in [5, 5.41) is 6.96. The largest absolute Gasteiger partial charge is 0.433 e. The summed E-state index contributed by atoms with van der Waals surface area (Å²) in [6.07, 6.45) is 2.74. The molecule has 7 nitrogen and oxygen atoms in total. The summed E-state index contributed by atoms with van der Waals surface area (Å²) in [6, 6.07) is 7.27. The molecule has 10 heteroatoms. The molecular weight excluding hydrogens is 354 g/mol. The van der Waals surface area contributed by atoms with Crippen molar-refractivity contribution in [2.75, 3.05) is 11.6 Å². The molecule has 0 unspecified atom stereocenters. The maximum atomic E-state index is 12.6. The van der Waals surface area contributed by atoms with Gasteiger partial charge in [-0.2, -0.15) is 13.8 Å². The van der Waals surface area contributed by atoms with Crippen molar-refractivity contribution in [1.29, 1.82) is 0 Å². The van der Waals surface area contributed by atoms with E-state index >= 15 is 0 Å². The molecule has 1 aromatic carbocycles. The summed E-state index contributed by atoms with van der Waals surface area (Å²) in [4.78, 5) is 4.09. The van der Waals surface area contributed by atoms with Gasteiger partial charge in [0.05, 0.1) is 10.6 Å². The van der Waals surface area contributed by atoms with Crippen LogP contribution in [0.3, 0.4) is 0 Å². The van der Waals surface area contributed by atoms with Crippen LogP contribution in [-0.2, 0) is 9.84 Å². The van der Waals surface area contributed by atoms with E-state index in [1.54, 1.807) is 12.3 Å². The van der Waals surface area contributed by atoms with E-state index in [0.29, 0.717) is 5.65 Å². The Morgan fingerprint density at radius 3 is 2.68 bits per heavy atom. The number of fused-ring (bicyclic) bond motifs is 1. The van der Waals surface area contributed by atoms with Crippen molar-refractivity contribution in [3.8, 4) is 5.75 Å². The van der Waals surface area contributed by atoms with Gasteiger partial charge in [-0.3, -0.25) is 0 Å². The molecule has 0 aliphatic heterocycles. The van der Waals surface area contributed by atoms with Gasteiger partial charge in [-0.1, -0.05) is 6.07 Å². The SMILES string of the molecule is Cc1ccc2nc(Nc3ccc(S(C)(=O)=O)cc3OC(F)F)nn2c1. The summed E-state index contributed by atoms with van der Waals surface area (Å²) < 4.78 is 54.4. The van der Waals surface area contributed by atoms with Crippen molar-refractivity contribution in [1.82, 2.24) is 14.6 Å². The highest BCUT2D eigenvalue weighted by atomic mass is 32.2. The van der Waals surface area contributed by atoms with E-state index in [9.17, 15) is 17.2 Å². The second-order valence-electron chi connectivity index (χ2n) is 5.38. The molecule has 0 saturated carbocycles. The fourth-order valence-electron chi connectivity index (χ4n) is 2.19. The average Bonchev–Trinajstić information content (AvgIpc) is 2.88. The average molecular weight is 368 g/mol. The summed E-state index contributed by atoms with van der Waals surface area (Å²) >= 11 is 0. The van der Waals surface area contributed by atoms with Gasteiger partial charge in [0.1, 0.15) is 0 Å². The zero-order valence-corrected chi connectivity index (χ0v) is 14.1. The number of ether oxygens (including phenoxy) is 1. The van der Waals surface area contributed by atoms with Crippen molar-refractivity contribution in [3.63, 3.8) is 0 Å². The van der Waals surface area contributed by atoms with E-state index in [0.717, 1.165) is 17.9 Å². The molecule has 2 aromatic heterocycles. The van der Waals surface area contributed by atoms with E-state index in [1.165, 1.54) is 16.6 Å². The van der Waals surface area contributed by atoms with Crippen LogP contribution in [-0.4, -0.2) is 35.9 Å². The van der Waals surface area contributed by atoms with Gasteiger partial charge >= 0.3 is 6.61 Å². The molecule has 0 spiro atoms. The molecule has 2 heterocycles. The lowest BCUT2D eigenvalue weighted by Gasteiger charge is -2.12. The molecule has 25 heavy (non-hydrogen) atoms. The van der Waals surface area contributed by atoms with E-state index < -0.39 is 16.4 Å². The molecule has 3 aromatic rings. The van der Waals surface area contributed by atoms with Gasteiger partial charge in [-0.05, 0) is 30.7 Å². The van der Waals surface area contributed by atoms with Gasteiger partial charge < -0.3 is 10.1 Å². The number of pyridine rings is 1. The lowest BCUT2D eigenvalue weighted by atomic mass is 10.3. The Kier molecular flexibility index (Phi) is 4.29. The van der Waals surface area contributed by atoms with Crippen molar-refractivity contribution < 1.29 is 21.9 Å². The standard InChI is InChI=1S/C15H14F2N4O3S/c1-9-3-6-13-19-15(20-21(13)8-9)18-11-5-4-10(25(2,22)23)7-12(11)24-14(16)17/h3-8,14H,1-2H3,(H,18,20). The Balaban J connectivity index is 1.99. The molecule has 0 saturated heterocycles. The zero-order valence-electron chi connectivity index (χ0n) is 13.3. The van der Waals surface area contributed by atoms with Crippen LogP contribution in [0.2, 0.25) is 0 Å². The van der Waals surface area contributed by atoms with E-state index in [2.05, 4.69) is 20.1 Å². The minimum atomic E-state index is -3.56. The van der Waals surface area contributed by atoms with Crippen LogP contribution in [0.1, 0.15) is 5.56 Å². The molecule has 1 N–H and O–H groups in total. The predicted octanol–water partition coefficient (Wildman–Crippen LogP) is 2.79. The topological polar surface area (TPSA) is 85.6 Å². The number of alkyl halides is 2. The second-order valence-corrected chi connectivity index (χ2v) is 7.39. The van der Waals surface area contributed by atoms with Crippen LogP contribution in [0.5, 0.6) is 5.75 Å². The molecule has 0 bridgehead atoms. The van der Waals surface area contributed by atoms with Gasteiger partial charge in [-0.15, -0.1) is 5.10 Å². The number of anilines is 2. The van der Waals surface area contributed by atoms with Crippen molar-refractivity contribution >= 4 is 27.1 Å². The third-order valence-corrected chi connectivity index (χ3v) is 4.43. The number of rotatable bonds is 5. The Morgan fingerprint density at radius 1 is 1.24 bits per heavy atom. The highest BCUT2D eigenvalue weighted by molar-refractivity contribution is 7.90. The minimum Gasteiger partial charge on any atom is -0.433 e. The smallest absolute Gasteiger partial charge is 0.387 e. The number of hydrogen-bond donors (Lipinski definition) is 1. The maximum absolute atomic E-state index is 12.6. The Hall–Kier alpha value is -2.75. The Bertz CT molecular complexity index is 1030. The van der Waals surface area contributed by atoms with Crippen LogP contribution in [0, 0.1) is 6.92 Å². The van der Waals surface area contributed by atoms with Gasteiger partial charge in [0.2, 0.25) is 5.95 Å². The van der Waals surface area contributed by atoms with Crippen LogP contribution >= 0.6 is 0 Å². The van der Waals surface area contributed by atoms with Crippen LogP contribution in [0.4, 0.5) is 20.4 Å². The van der Waals surface area contributed by atoms with Crippen LogP contribution in [0.25, 0.3) is 5.65 Å². The Labute approximate surface area is 142 Å². The number of halogens is 2. The lowest BCUT2D eigenvalue weighted by molar-refractivity contribution is -0.0494. The number of sulfone groups is 1.